The second-order valence-electron chi connectivity index (χ2n) is 5.31. The van der Waals surface area contributed by atoms with Crippen molar-refractivity contribution in [2.75, 3.05) is 26.7 Å². The summed E-state index contributed by atoms with van der Waals surface area (Å²) in [6, 6.07) is 17.2. The topological polar surface area (TPSA) is 41.6 Å². The highest BCUT2D eigenvalue weighted by Gasteiger charge is 2.06. The first-order chi connectivity index (χ1) is 11.1. The molecule has 2 rings (SSSR count). The van der Waals surface area contributed by atoms with Crippen LogP contribution in [0, 0.1) is 0 Å². The molecule has 0 aliphatic carbocycles. The number of rotatable bonds is 8. The first-order valence-electron chi connectivity index (χ1n) is 7.51. The summed E-state index contributed by atoms with van der Waals surface area (Å²) in [7, 11) is 1.93. The first-order valence-corrected chi connectivity index (χ1v) is 7.89. The molecule has 4 nitrogen and oxygen atoms in total. The zero-order chi connectivity index (χ0) is 16.5. The van der Waals surface area contributed by atoms with Crippen molar-refractivity contribution in [2.45, 2.75) is 6.54 Å². The van der Waals surface area contributed by atoms with Crippen LogP contribution in [-0.4, -0.2) is 37.6 Å². The number of amides is 1. The van der Waals surface area contributed by atoms with Crippen LogP contribution in [0.2, 0.25) is 5.02 Å². The average molecular weight is 333 g/mol. The molecule has 0 heterocycles. The molecule has 1 N–H and O–H groups in total. The second kappa shape index (κ2) is 9.18. The quantitative estimate of drug-likeness (QED) is 0.756. The number of benzene rings is 2. The number of carbonyl (C=O) groups excluding carboxylic acids is 1. The Kier molecular flexibility index (Phi) is 6.91. The number of likely N-dealkylation sites (N-methyl/N-ethyl adjacent to an activating group) is 1. The summed E-state index contributed by atoms with van der Waals surface area (Å²) in [5, 5.41) is 3.52. The van der Waals surface area contributed by atoms with E-state index in [1.165, 1.54) is 5.56 Å². The van der Waals surface area contributed by atoms with Gasteiger partial charge in [0.2, 0.25) is 5.91 Å². The van der Waals surface area contributed by atoms with Gasteiger partial charge >= 0.3 is 0 Å². The molecule has 0 radical (unpaired) electrons. The molecule has 2 aromatic carbocycles. The van der Waals surface area contributed by atoms with E-state index >= 15 is 0 Å². The number of halogens is 1. The highest BCUT2D eigenvalue weighted by Crippen LogP contribution is 2.15. The Labute approximate surface area is 142 Å². The zero-order valence-electron chi connectivity index (χ0n) is 13.2. The van der Waals surface area contributed by atoms with Gasteiger partial charge in [0.25, 0.3) is 0 Å². The van der Waals surface area contributed by atoms with E-state index in [2.05, 4.69) is 5.32 Å². The van der Waals surface area contributed by atoms with Crippen molar-refractivity contribution in [3.63, 3.8) is 0 Å². The Morgan fingerprint density at radius 3 is 2.52 bits per heavy atom. The van der Waals surface area contributed by atoms with Gasteiger partial charge in [0.05, 0.1) is 13.1 Å². The van der Waals surface area contributed by atoms with E-state index in [4.69, 9.17) is 16.3 Å². The molecule has 5 heteroatoms. The first kappa shape index (κ1) is 17.3. The number of ether oxygens (including phenoxy) is 1. The summed E-state index contributed by atoms with van der Waals surface area (Å²) >= 11 is 5.80. The highest BCUT2D eigenvalue weighted by atomic mass is 35.5. The summed E-state index contributed by atoms with van der Waals surface area (Å²) in [6.07, 6.45) is 0. The largest absolute Gasteiger partial charge is 0.492 e. The molecule has 0 bridgehead atoms. The van der Waals surface area contributed by atoms with E-state index in [9.17, 15) is 4.79 Å². The van der Waals surface area contributed by atoms with Crippen molar-refractivity contribution in [1.29, 1.82) is 0 Å². The summed E-state index contributed by atoms with van der Waals surface area (Å²) < 4.78 is 5.53. The maximum absolute atomic E-state index is 11.9. The van der Waals surface area contributed by atoms with Gasteiger partial charge in [-0.1, -0.05) is 41.9 Å². The molecule has 2 aromatic rings. The third-order valence-corrected chi connectivity index (χ3v) is 3.47. The molecular formula is C18H21ClN2O2. The van der Waals surface area contributed by atoms with E-state index < -0.39 is 0 Å². The molecule has 0 unspecified atom stereocenters. The third kappa shape index (κ3) is 6.72. The van der Waals surface area contributed by atoms with E-state index in [-0.39, 0.29) is 5.91 Å². The molecule has 0 atom stereocenters. The predicted molar refractivity (Wildman–Crippen MR) is 92.7 cm³/mol. The van der Waals surface area contributed by atoms with Gasteiger partial charge in [-0.05, 0) is 36.9 Å². The molecule has 1 amide bonds. The summed E-state index contributed by atoms with van der Waals surface area (Å²) in [6.45, 7) is 2.00. The third-order valence-electron chi connectivity index (χ3n) is 3.22. The Morgan fingerprint density at radius 2 is 1.83 bits per heavy atom. The van der Waals surface area contributed by atoms with Gasteiger partial charge in [-0.3, -0.25) is 9.69 Å². The summed E-state index contributed by atoms with van der Waals surface area (Å²) in [4.78, 5) is 13.9. The van der Waals surface area contributed by atoms with Crippen molar-refractivity contribution >= 4 is 17.5 Å². The Bertz CT molecular complexity index is 602. The van der Waals surface area contributed by atoms with Gasteiger partial charge in [0.15, 0.2) is 0 Å². The lowest BCUT2D eigenvalue weighted by Crippen LogP contribution is -2.36. The van der Waals surface area contributed by atoms with Gasteiger partial charge < -0.3 is 10.1 Å². The smallest absolute Gasteiger partial charge is 0.234 e. The predicted octanol–water partition coefficient (Wildman–Crippen LogP) is 2.97. The minimum absolute atomic E-state index is 0.0110. The second-order valence-corrected chi connectivity index (χ2v) is 5.75. The minimum Gasteiger partial charge on any atom is -0.492 e. The van der Waals surface area contributed by atoms with Crippen LogP contribution in [0.4, 0.5) is 0 Å². The molecule has 0 fully saturated rings. The van der Waals surface area contributed by atoms with Gasteiger partial charge in [-0.2, -0.15) is 0 Å². The Balaban J connectivity index is 1.62. The number of hydrogen-bond donors (Lipinski definition) is 1. The van der Waals surface area contributed by atoms with Crippen molar-refractivity contribution in [1.82, 2.24) is 10.2 Å². The van der Waals surface area contributed by atoms with Gasteiger partial charge in [0.1, 0.15) is 12.4 Å². The highest BCUT2D eigenvalue weighted by molar-refractivity contribution is 6.30. The van der Waals surface area contributed by atoms with Crippen LogP contribution in [0.25, 0.3) is 0 Å². The summed E-state index contributed by atoms with van der Waals surface area (Å²) in [5.74, 6) is 0.730. The fourth-order valence-corrected chi connectivity index (χ4v) is 2.27. The van der Waals surface area contributed by atoms with Gasteiger partial charge in [0, 0.05) is 11.6 Å². The van der Waals surface area contributed by atoms with Crippen molar-refractivity contribution < 1.29 is 9.53 Å². The van der Waals surface area contributed by atoms with Crippen molar-refractivity contribution in [3.05, 3.63) is 65.2 Å². The lowest BCUT2D eigenvalue weighted by Gasteiger charge is -2.16. The maximum atomic E-state index is 11.9. The van der Waals surface area contributed by atoms with E-state index in [1.54, 1.807) is 24.3 Å². The number of hydrogen-bond acceptors (Lipinski definition) is 3. The number of nitrogens with zero attached hydrogens (tertiary/aromatic N) is 1. The van der Waals surface area contributed by atoms with Crippen LogP contribution in [0.5, 0.6) is 5.75 Å². The van der Waals surface area contributed by atoms with Crippen LogP contribution in [0.1, 0.15) is 5.56 Å². The normalized spacial score (nSPS) is 10.6. The molecule has 0 saturated carbocycles. The number of nitrogens with one attached hydrogen (secondary N) is 1. The number of carbonyl (C=O) groups is 1. The molecule has 23 heavy (non-hydrogen) atoms. The molecule has 122 valence electrons. The fourth-order valence-electron chi connectivity index (χ4n) is 2.14. The maximum Gasteiger partial charge on any atom is 0.234 e. The Morgan fingerprint density at radius 1 is 1.13 bits per heavy atom. The van der Waals surface area contributed by atoms with E-state index in [0.717, 1.165) is 12.3 Å². The molecule has 0 aromatic heterocycles. The van der Waals surface area contributed by atoms with Crippen molar-refractivity contribution in [3.8, 4) is 5.75 Å². The van der Waals surface area contributed by atoms with Crippen LogP contribution in [-0.2, 0) is 11.3 Å². The lowest BCUT2D eigenvalue weighted by molar-refractivity contribution is -0.122. The lowest BCUT2D eigenvalue weighted by atomic mass is 10.2. The van der Waals surface area contributed by atoms with Gasteiger partial charge in [-0.25, -0.2) is 0 Å². The van der Waals surface area contributed by atoms with Crippen LogP contribution in [0.15, 0.2) is 54.6 Å². The van der Waals surface area contributed by atoms with Gasteiger partial charge in [-0.15, -0.1) is 0 Å². The van der Waals surface area contributed by atoms with Crippen LogP contribution >= 0.6 is 11.6 Å². The molecule has 0 aliphatic heterocycles. The monoisotopic (exact) mass is 332 g/mol. The van der Waals surface area contributed by atoms with Crippen LogP contribution in [0.3, 0.4) is 0 Å². The van der Waals surface area contributed by atoms with E-state index in [0.29, 0.717) is 24.7 Å². The molecule has 0 aliphatic rings. The summed E-state index contributed by atoms with van der Waals surface area (Å²) in [5.41, 5.74) is 1.19. The molecular weight excluding hydrogens is 312 g/mol. The minimum atomic E-state index is -0.0110. The molecule has 0 saturated heterocycles. The SMILES string of the molecule is CN(CC(=O)NCCOc1ccc(Cl)cc1)Cc1ccccc1. The fraction of sp³-hybridized carbons (Fsp3) is 0.278. The standard InChI is InChI=1S/C18H21ClN2O2/c1-21(13-15-5-3-2-4-6-15)14-18(22)20-11-12-23-17-9-7-16(19)8-10-17/h2-10H,11-14H2,1H3,(H,20,22). The average Bonchev–Trinajstić information content (AvgIpc) is 2.54. The zero-order valence-corrected chi connectivity index (χ0v) is 13.9. The van der Waals surface area contributed by atoms with Crippen LogP contribution < -0.4 is 10.1 Å². The van der Waals surface area contributed by atoms with E-state index in [1.807, 2.05) is 42.3 Å². The van der Waals surface area contributed by atoms with Crippen molar-refractivity contribution in [2.24, 2.45) is 0 Å². The Hall–Kier alpha value is -2.04. The molecule has 0 spiro atoms.